The predicted molar refractivity (Wildman–Crippen MR) is 72.8 cm³/mol. The van der Waals surface area contributed by atoms with E-state index in [1.165, 1.54) is 0 Å². The normalized spacial score (nSPS) is 22.8. The van der Waals surface area contributed by atoms with Crippen LogP contribution in [0.5, 0.6) is 5.88 Å². The van der Waals surface area contributed by atoms with E-state index in [1.807, 2.05) is 19.1 Å². The molecule has 0 radical (unpaired) electrons. The quantitative estimate of drug-likeness (QED) is 0.854. The Morgan fingerprint density at radius 2 is 2.47 bits per heavy atom. The van der Waals surface area contributed by atoms with Crippen LogP contribution in [0.1, 0.15) is 25.3 Å². The maximum absolute atomic E-state index is 12.3. The average Bonchev–Trinajstić information content (AvgIpc) is 2.45. The lowest BCUT2D eigenvalue weighted by atomic mass is 9.82. The van der Waals surface area contributed by atoms with Gasteiger partial charge in [0.15, 0.2) is 0 Å². The number of carbonyl (C=O) groups is 1. The van der Waals surface area contributed by atoms with E-state index in [9.17, 15) is 4.79 Å². The fourth-order valence-corrected chi connectivity index (χ4v) is 2.38. The van der Waals surface area contributed by atoms with E-state index in [1.54, 1.807) is 13.3 Å². The maximum atomic E-state index is 12.3. The molecular weight excluding hydrogens is 242 g/mol. The Morgan fingerprint density at radius 1 is 1.63 bits per heavy atom. The van der Waals surface area contributed by atoms with Gasteiger partial charge in [-0.25, -0.2) is 4.98 Å². The van der Waals surface area contributed by atoms with Crippen LogP contribution in [-0.2, 0) is 11.3 Å². The largest absolute Gasteiger partial charge is 0.481 e. The number of nitrogens with one attached hydrogen (secondary N) is 2. The number of pyridine rings is 1. The van der Waals surface area contributed by atoms with Crippen molar-refractivity contribution in [2.45, 2.75) is 26.3 Å². The highest BCUT2D eigenvalue weighted by molar-refractivity contribution is 5.82. The van der Waals surface area contributed by atoms with Gasteiger partial charge in [-0.05, 0) is 32.4 Å². The number of aromatic nitrogens is 1. The molecule has 1 amide bonds. The highest BCUT2D eigenvalue weighted by atomic mass is 16.5. The molecule has 1 aliphatic heterocycles. The van der Waals surface area contributed by atoms with Crippen molar-refractivity contribution in [2.75, 3.05) is 20.2 Å². The Kier molecular flexibility index (Phi) is 4.37. The van der Waals surface area contributed by atoms with Crippen molar-refractivity contribution in [1.29, 1.82) is 0 Å². The number of methoxy groups -OCH3 is 1. The highest BCUT2D eigenvalue weighted by Gasteiger charge is 2.34. The van der Waals surface area contributed by atoms with Crippen LogP contribution in [0.15, 0.2) is 18.3 Å². The van der Waals surface area contributed by atoms with Crippen LogP contribution in [0.25, 0.3) is 0 Å². The van der Waals surface area contributed by atoms with Crippen molar-refractivity contribution in [3.05, 3.63) is 23.9 Å². The zero-order valence-corrected chi connectivity index (χ0v) is 11.5. The molecule has 1 saturated heterocycles. The molecule has 2 heterocycles. The summed E-state index contributed by atoms with van der Waals surface area (Å²) in [5.74, 6) is 0.653. The number of ether oxygens (including phenoxy) is 1. The van der Waals surface area contributed by atoms with E-state index in [0.717, 1.165) is 31.5 Å². The SMILES string of the molecule is COc1ncccc1CNC(=O)C1(C)CCCNC1. The fourth-order valence-electron chi connectivity index (χ4n) is 2.38. The summed E-state index contributed by atoms with van der Waals surface area (Å²) in [6, 6.07) is 3.75. The summed E-state index contributed by atoms with van der Waals surface area (Å²) in [4.78, 5) is 16.4. The third-order valence-corrected chi connectivity index (χ3v) is 3.63. The van der Waals surface area contributed by atoms with Crippen LogP contribution >= 0.6 is 0 Å². The molecule has 104 valence electrons. The highest BCUT2D eigenvalue weighted by Crippen LogP contribution is 2.25. The maximum Gasteiger partial charge on any atom is 0.227 e. The number of piperidine rings is 1. The molecule has 2 rings (SSSR count). The summed E-state index contributed by atoms with van der Waals surface area (Å²) in [5.41, 5.74) is 0.582. The van der Waals surface area contributed by atoms with Crippen molar-refractivity contribution in [1.82, 2.24) is 15.6 Å². The Balaban J connectivity index is 1.96. The van der Waals surface area contributed by atoms with Crippen LogP contribution in [0.3, 0.4) is 0 Å². The standard InChI is InChI=1S/C14H21N3O2/c1-14(6-4-7-15-10-14)13(18)17-9-11-5-3-8-16-12(11)19-2/h3,5,8,15H,4,6-7,9-10H2,1-2H3,(H,17,18). The number of hydrogen-bond donors (Lipinski definition) is 2. The molecule has 1 aromatic heterocycles. The molecule has 0 aliphatic carbocycles. The topological polar surface area (TPSA) is 63.2 Å². The molecule has 0 spiro atoms. The number of rotatable bonds is 4. The summed E-state index contributed by atoms with van der Waals surface area (Å²) in [6.45, 7) is 4.20. The predicted octanol–water partition coefficient (Wildman–Crippen LogP) is 1.10. The Labute approximate surface area is 113 Å². The molecule has 1 unspecified atom stereocenters. The van der Waals surface area contributed by atoms with Gasteiger partial charge in [0.1, 0.15) is 0 Å². The van der Waals surface area contributed by atoms with Gasteiger partial charge < -0.3 is 15.4 Å². The van der Waals surface area contributed by atoms with Crippen molar-refractivity contribution in [3.63, 3.8) is 0 Å². The van der Waals surface area contributed by atoms with Gasteiger partial charge in [-0.1, -0.05) is 6.07 Å². The van der Waals surface area contributed by atoms with Gasteiger partial charge in [-0.3, -0.25) is 4.79 Å². The molecular formula is C14H21N3O2. The molecule has 0 aromatic carbocycles. The molecule has 5 heteroatoms. The summed E-state index contributed by atoms with van der Waals surface area (Å²) >= 11 is 0. The van der Waals surface area contributed by atoms with Crippen LogP contribution in [0.2, 0.25) is 0 Å². The van der Waals surface area contributed by atoms with E-state index >= 15 is 0 Å². The van der Waals surface area contributed by atoms with Crippen LogP contribution < -0.4 is 15.4 Å². The van der Waals surface area contributed by atoms with Crippen molar-refractivity contribution >= 4 is 5.91 Å². The van der Waals surface area contributed by atoms with Gasteiger partial charge in [-0.15, -0.1) is 0 Å². The Morgan fingerprint density at radius 3 is 3.16 bits per heavy atom. The van der Waals surface area contributed by atoms with Crippen molar-refractivity contribution in [2.24, 2.45) is 5.41 Å². The zero-order valence-electron chi connectivity index (χ0n) is 11.5. The Bertz CT molecular complexity index is 442. The lowest BCUT2D eigenvalue weighted by molar-refractivity contribution is -0.131. The van der Waals surface area contributed by atoms with E-state index < -0.39 is 0 Å². The third-order valence-electron chi connectivity index (χ3n) is 3.63. The second kappa shape index (κ2) is 6.02. The minimum Gasteiger partial charge on any atom is -0.481 e. The second-order valence-electron chi connectivity index (χ2n) is 5.20. The lowest BCUT2D eigenvalue weighted by Gasteiger charge is -2.32. The average molecular weight is 263 g/mol. The van der Waals surface area contributed by atoms with Crippen LogP contribution in [0, 0.1) is 5.41 Å². The van der Waals surface area contributed by atoms with Crippen molar-refractivity contribution < 1.29 is 9.53 Å². The zero-order chi connectivity index (χ0) is 13.7. The smallest absolute Gasteiger partial charge is 0.227 e. The van der Waals surface area contributed by atoms with E-state index in [0.29, 0.717) is 12.4 Å². The van der Waals surface area contributed by atoms with Gasteiger partial charge >= 0.3 is 0 Å². The molecule has 1 atom stereocenters. The summed E-state index contributed by atoms with van der Waals surface area (Å²) in [6.07, 6.45) is 3.65. The molecule has 2 N–H and O–H groups in total. The molecule has 5 nitrogen and oxygen atoms in total. The van der Waals surface area contributed by atoms with E-state index in [2.05, 4.69) is 15.6 Å². The van der Waals surface area contributed by atoms with Gasteiger partial charge in [0, 0.05) is 24.8 Å². The van der Waals surface area contributed by atoms with E-state index in [4.69, 9.17) is 4.74 Å². The van der Waals surface area contributed by atoms with Crippen molar-refractivity contribution in [3.8, 4) is 5.88 Å². The first kappa shape index (κ1) is 13.8. The molecule has 1 aromatic rings. The monoisotopic (exact) mass is 263 g/mol. The third kappa shape index (κ3) is 3.23. The number of amides is 1. The van der Waals surface area contributed by atoms with Crippen LogP contribution in [0.4, 0.5) is 0 Å². The first-order chi connectivity index (χ1) is 9.15. The minimum absolute atomic E-state index is 0.0885. The molecule has 19 heavy (non-hydrogen) atoms. The van der Waals surface area contributed by atoms with Gasteiger partial charge in [-0.2, -0.15) is 0 Å². The van der Waals surface area contributed by atoms with Gasteiger partial charge in [0.25, 0.3) is 0 Å². The van der Waals surface area contributed by atoms with Crippen LogP contribution in [-0.4, -0.2) is 31.1 Å². The molecule has 1 fully saturated rings. The number of carbonyl (C=O) groups excluding carboxylic acids is 1. The summed E-state index contributed by atoms with van der Waals surface area (Å²) in [7, 11) is 1.58. The molecule has 0 bridgehead atoms. The Hall–Kier alpha value is -1.62. The first-order valence-electron chi connectivity index (χ1n) is 6.62. The molecule has 1 aliphatic rings. The number of hydrogen-bond acceptors (Lipinski definition) is 4. The van der Waals surface area contributed by atoms with E-state index in [-0.39, 0.29) is 11.3 Å². The van der Waals surface area contributed by atoms with Gasteiger partial charge in [0.2, 0.25) is 11.8 Å². The molecule has 0 saturated carbocycles. The van der Waals surface area contributed by atoms with Gasteiger partial charge in [0.05, 0.1) is 12.5 Å². The first-order valence-corrected chi connectivity index (χ1v) is 6.62. The summed E-state index contributed by atoms with van der Waals surface area (Å²) in [5, 5.41) is 6.26. The fraction of sp³-hybridized carbons (Fsp3) is 0.571. The second-order valence-corrected chi connectivity index (χ2v) is 5.20. The lowest BCUT2D eigenvalue weighted by Crippen LogP contribution is -2.48. The minimum atomic E-state index is -0.312. The summed E-state index contributed by atoms with van der Waals surface area (Å²) < 4.78 is 5.17. The number of nitrogens with zero attached hydrogens (tertiary/aromatic N) is 1.